The molecule has 0 radical (unpaired) electrons. The summed E-state index contributed by atoms with van der Waals surface area (Å²) in [4.78, 5) is 2.75. The summed E-state index contributed by atoms with van der Waals surface area (Å²) in [5.41, 5.74) is 0. The molecule has 0 aromatic carbocycles. The van der Waals surface area contributed by atoms with Crippen LogP contribution >= 0.6 is 23.4 Å². The molecular formula is C12H22ClNS. The van der Waals surface area contributed by atoms with Crippen molar-refractivity contribution in [2.24, 2.45) is 0 Å². The Balaban J connectivity index is 1.74. The molecule has 0 spiro atoms. The number of rotatable bonds is 5. The van der Waals surface area contributed by atoms with Crippen molar-refractivity contribution >= 4 is 23.4 Å². The number of nitrogens with zero attached hydrogens (tertiary/aromatic N) is 1. The lowest BCUT2D eigenvalue weighted by Crippen LogP contribution is -2.43. The smallest absolute Gasteiger partial charge is 0.0365 e. The summed E-state index contributed by atoms with van der Waals surface area (Å²) < 4.78 is 0. The summed E-state index contributed by atoms with van der Waals surface area (Å²) in [6.45, 7) is 3.55. The topological polar surface area (TPSA) is 3.24 Å². The molecule has 3 heteroatoms. The van der Waals surface area contributed by atoms with E-state index in [1.54, 1.807) is 0 Å². The predicted octanol–water partition coefficient (Wildman–Crippen LogP) is 3.36. The molecule has 0 aromatic heterocycles. The summed E-state index contributed by atoms with van der Waals surface area (Å²) in [5, 5.41) is 0.462. The van der Waals surface area contributed by atoms with E-state index in [1.807, 2.05) is 0 Å². The minimum atomic E-state index is 0.462. The number of piperidine rings is 1. The Hall–Kier alpha value is 0.600. The second-order valence-electron chi connectivity index (χ2n) is 4.74. The largest absolute Gasteiger partial charge is 0.297 e. The molecule has 2 bridgehead atoms. The van der Waals surface area contributed by atoms with E-state index in [0.717, 1.165) is 12.1 Å². The first-order valence-electron chi connectivity index (χ1n) is 6.28. The normalized spacial score (nSPS) is 36.0. The highest BCUT2D eigenvalue weighted by Gasteiger charge is 2.39. The second kappa shape index (κ2) is 5.79. The minimum absolute atomic E-state index is 0.462. The maximum Gasteiger partial charge on any atom is 0.0365 e. The summed E-state index contributed by atoms with van der Waals surface area (Å²) in [5.74, 6) is 2.59. The van der Waals surface area contributed by atoms with Crippen molar-refractivity contribution in [2.75, 3.05) is 18.1 Å². The number of hydrogen-bond acceptors (Lipinski definition) is 2. The van der Waals surface area contributed by atoms with Crippen LogP contribution in [0.4, 0.5) is 0 Å². The van der Waals surface area contributed by atoms with Crippen LogP contribution in [0.25, 0.3) is 0 Å². The SMILES string of the molecule is CCSCCCN1C2CCC1CC(Cl)C2. The number of fused-ring (bicyclic) bond motifs is 2. The lowest BCUT2D eigenvalue weighted by molar-refractivity contribution is 0.143. The Labute approximate surface area is 103 Å². The molecule has 2 aliphatic heterocycles. The zero-order valence-corrected chi connectivity index (χ0v) is 11.2. The molecule has 2 aliphatic rings. The average Bonchev–Trinajstić information content (AvgIpc) is 2.46. The van der Waals surface area contributed by atoms with Gasteiger partial charge in [-0.1, -0.05) is 6.92 Å². The van der Waals surface area contributed by atoms with Crippen molar-refractivity contribution in [2.45, 2.75) is 56.5 Å². The third-order valence-corrected chi connectivity index (χ3v) is 5.08. The molecule has 2 rings (SSSR count). The number of thioether (sulfide) groups is 1. The molecule has 0 aromatic rings. The molecule has 2 heterocycles. The highest BCUT2D eigenvalue weighted by atomic mass is 35.5. The van der Waals surface area contributed by atoms with Crippen molar-refractivity contribution < 1.29 is 0 Å². The van der Waals surface area contributed by atoms with Crippen LogP contribution in [0.2, 0.25) is 0 Å². The van der Waals surface area contributed by atoms with Gasteiger partial charge in [0.2, 0.25) is 0 Å². The molecule has 0 N–H and O–H groups in total. The molecule has 0 amide bonds. The number of hydrogen-bond donors (Lipinski definition) is 0. The van der Waals surface area contributed by atoms with E-state index in [0.29, 0.717) is 5.38 Å². The fourth-order valence-electron chi connectivity index (χ4n) is 3.07. The van der Waals surface area contributed by atoms with Crippen molar-refractivity contribution in [3.63, 3.8) is 0 Å². The third kappa shape index (κ3) is 3.04. The van der Waals surface area contributed by atoms with Crippen LogP contribution in [0, 0.1) is 0 Å². The van der Waals surface area contributed by atoms with Gasteiger partial charge in [0, 0.05) is 17.5 Å². The van der Waals surface area contributed by atoms with E-state index >= 15 is 0 Å². The zero-order chi connectivity index (χ0) is 10.7. The molecule has 2 unspecified atom stereocenters. The molecule has 15 heavy (non-hydrogen) atoms. The maximum atomic E-state index is 6.26. The van der Waals surface area contributed by atoms with Gasteiger partial charge in [0.25, 0.3) is 0 Å². The molecule has 2 saturated heterocycles. The van der Waals surface area contributed by atoms with Gasteiger partial charge in [0.15, 0.2) is 0 Å². The Morgan fingerprint density at radius 2 is 1.93 bits per heavy atom. The van der Waals surface area contributed by atoms with Gasteiger partial charge < -0.3 is 0 Å². The molecule has 0 saturated carbocycles. The predicted molar refractivity (Wildman–Crippen MR) is 70.0 cm³/mol. The molecule has 0 aliphatic carbocycles. The average molecular weight is 248 g/mol. The summed E-state index contributed by atoms with van der Waals surface area (Å²) in [6, 6.07) is 1.63. The van der Waals surface area contributed by atoms with Crippen molar-refractivity contribution in [3.05, 3.63) is 0 Å². The van der Waals surface area contributed by atoms with E-state index in [9.17, 15) is 0 Å². The fourth-order valence-corrected chi connectivity index (χ4v) is 4.10. The molecule has 88 valence electrons. The lowest BCUT2D eigenvalue weighted by Gasteiger charge is -2.36. The van der Waals surface area contributed by atoms with Gasteiger partial charge in [-0.15, -0.1) is 11.6 Å². The standard InChI is InChI=1S/C12H22ClNS/c1-2-15-7-3-6-14-11-4-5-12(14)9-10(13)8-11/h10-12H,2-9H2,1H3. The van der Waals surface area contributed by atoms with E-state index in [2.05, 4.69) is 23.6 Å². The Morgan fingerprint density at radius 1 is 1.27 bits per heavy atom. The highest BCUT2D eigenvalue weighted by Crippen LogP contribution is 2.37. The lowest BCUT2D eigenvalue weighted by atomic mass is 10.0. The molecule has 1 nitrogen and oxygen atoms in total. The Bertz CT molecular complexity index is 186. The van der Waals surface area contributed by atoms with Gasteiger partial charge in [-0.3, -0.25) is 4.90 Å². The van der Waals surface area contributed by atoms with E-state index in [4.69, 9.17) is 11.6 Å². The van der Waals surface area contributed by atoms with Crippen molar-refractivity contribution in [1.29, 1.82) is 0 Å². The van der Waals surface area contributed by atoms with Gasteiger partial charge in [-0.2, -0.15) is 11.8 Å². The van der Waals surface area contributed by atoms with Crippen LogP contribution in [0.15, 0.2) is 0 Å². The van der Waals surface area contributed by atoms with E-state index in [1.165, 1.54) is 50.2 Å². The quantitative estimate of drug-likeness (QED) is 0.542. The first-order chi connectivity index (χ1) is 7.31. The van der Waals surface area contributed by atoms with E-state index < -0.39 is 0 Å². The Morgan fingerprint density at radius 3 is 2.53 bits per heavy atom. The second-order valence-corrected chi connectivity index (χ2v) is 6.75. The summed E-state index contributed by atoms with van der Waals surface area (Å²) >= 11 is 8.33. The highest BCUT2D eigenvalue weighted by molar-refractivity contribution is 7.99. The van der Waals surface area contributed by atoms with Gasteiger partial charge in [0.1, 0.15) is 0 Å². The van der Waals surface area contributed by atoms with Crippen LogP contribution in [-0.4, -0.2) is 40.4 Å². The molecular weight excluding hydrogens is 226 g/mol. The monoisotopic (exact) mass is 247 g/mol. The van der Waals surface area contributed by atoms with Crippen LogP contribution < -0.4 is 0 Å². The van der Waals surface area contributed by atoms with Crippen LogP contribution in [0.5, 0.6) is 0 Å². The molecule has 2 atom stereocenters. The zero-order valence-electron chi connectivity index (χ0n) is 9.62. The third-order valence-electron chi connectivity index (χ3n) is 3.74. The summed E-state index contributed by atoms with van der Waals surface area (Å²) in [6.07, 6.45) is 6.63. The van der Waals surface area contributed by atoms with Crippen LogP contribution in [0.3, 0.4) is 0 Å². The van der Waals surface area contributed by atoms with Gasteiger partial charge >= 0.3 is 0 Å². The van der Waals surface area contributed by atoms with Crippen LogP contribution in [-0.2, 0) is 0 Å². The van der Waals surface area contributed by atoms with Gasteiger partial charge in [-0.05, 0) is 50.2 Å². The number of alkyl halides is 1. The van der Waals surface area contributed by atoms with Crippen LogP contribution in [0.1, 0.15) is 39.0 Å². The first kappa shape index (κ1) is 12.1. The Kier molecular flexibility index (Phi) is 4.66. The molecule has 2 fully saturated rings. The van der Waals surface area contributed by atoms with Crippen molar-refractivity contribution in [1.82, 2.24) is 4.90 Å². The van der Waals surface area contributed by atoms with Gasteiger partial charge in [-0.25, -0.2) is 0 Å². The summed E-state index contributed by atoms with van der Waals surface area (Å²) in [7, 11) is 0. The maximum absolute atomic E-state index is 6.26. The first-order valence-corrected chi connectivity index (χ1v) is 7.88. The fraction of sp³-hybridized carbons (Fsp3) is 1.00. The van der Waals surface area contributed by atoms with Crippen molar-refractivity contribution in [3.8, 4) is 0 Å². The number of halogens is 1. The van der Waals surface area contributed by atoms with Gasteiger partial charge in [0.05, 0.1) is 0 Å². The van der Waals surface area contributed by atoms with E-state index in [-0.39, 0.29) is 0 Å². The minimum Gasteiger partial charge on any atom is -0.297 e.